The van der Waals surface area contributed by atoms with Crippen LogP contribution < -0.4 is 5.32 Å². The molecule has 0 spiro atoms. The zero-order valence-corrected chi connectivity index (χ0v) is 15.4. The molecule has 0 saturated heterocycles. The first-order valence-corrected chi connectivity index (χ1v) is 9.76. The van der Waals surface area contributed by atoms with Crippen molar-refractivity contribution in [3.8, 4) is 0 Å². The Morgan fingerprint density at radius 1 is 0.821 bits per heavy atom. The maximum atomic E-state index is 13.7. The number of rotatable bonds is 6. The molecule has 28 heavy (non-hydrogen) atoms. The van der Waals surface area contributed by atoms with E-state index in [0.717, 1.165) is 17.2 Å². The minimum Gasteiger partial charge on any atom is -0.323 e. The largest absolute Gasteiger partial charge is 0.323 e. The fraction of sp³-hybridized carbons (Fsp3) is 0.0952. The molecule has 1 atom stereocenters. The second-order valence-corrected chi connectivity index (χ2v) is 7.52. The van der Waals surface area contributed by atoms with Crippen LogP contribution in [0.25, 0.3) is 0 Å². The van der Waals surface area contributed by atoms with E-state index < -0.39 is 50.8 Å². The van der Waals surface area contributed by atoms with E-state index in [1.807, 2.05) is 36.4 Å². The Kier molecular flexibility index (Phi) is 6.26. The van der Waals surface area contributed by atoms with Crippen LogP contribution in [0.1, 0.15) is 16.4 Å². The van der Waals surface area contributed by atoms with Crippen molar-refractivity contribution in [3.63, 3.8) is 0 Å². The van der Waals surface area contributed by atoms with Crippen LogP contribution in [0.3, 0.4) is 0 Å². The standard InChI is InChI=1S/C21H16F3NO2S/c22-16-11-12-17(20(24)19(16)23)25-18(26)13-28(27)21(14-7-3-1-4-8-14)15-9-5-2-6-10-15/h1-12,21H,13H2,(H,25,26)/t28-/m0/s1. The summed E-state index contributed by atoms with van der Waals surface area (Å²) in [5.74, 6) is -5.73. The molecule has 0 radical (unpaired) electrons. The molecule has 0 unspecified atom stereocenters. The minimum absolute atomic E-state index is 0.438. The zero-order chi connectivity index (χ0) is 20.1. The van der Waals surface area contributed by atoms with Gasteiger partial charge < -0.3 is 5.32 Å². The summed E-state index contributed by atoms with van der Waals surface area (Å²) in [6.07, 6.45) is 0. The van der Waals surface area contributed by atoms with Gasteiger partial charge in [0.2, 0.25) is 5.91 Å². The van der Waals surface area contributed by atoms with Gasteiger partial charge in [-0.05, 0) is 23.3 Å². The molecule has 0 bridgehead atoms. The number of carbonyl (C=O) groups is 1. The summed E-state index contributed by atoms with van der Waals surface area (Å²) in [6.45, 7) is 0. The molecule has 3 nitrogen and oxygen atoms in total. The first-order valence-electron chi connectivity index (χ1n) is 8.38. The van der Waals surface area contributed by atoms with Gasteiger partial charge in [-0.1, -0.05) is 60.7 Å². The van der Waals surface area contributed by atoms with Gasteiger partial charge in [-0.15, -0.1) is 0 Å². The van der Waals surface area contributed by atoms with Crippen molar-refractivity contribution in [1.29, 1.82) is 0 Å². The van der Waals surface area contributed by atoms with Crippen LogP contribution in [0.5, 0.6) is 0 Å². The number of hydrogen-bond donors (Lipinski definition) is 1. The molecule has 3 aromatic carbocycles. The second-order valence-electron chi connectivity index (χ2n) is 6.00. The van der Waals surface area contributed by atoms with Crippen molar-refractivity contribution < 1.29 is 22.2 Å². The van der Waals surface area contributed by atoms with E-state index >= 15 is 0 Å². The zero-order valence-electron chi connectivity index (χ0n) is 14.6. The normalized spacial score (nSPS) is 12.0. The summed E-state index contributed by atoms with van der Waals surface area (Å²) < 4.78 is 53.0. The van der Waals surface area contributed by atoms with Crippen molar-refractivity contribution >= 4 is 22.4 Å². The molecule has 0 saturated carbocycles. The molecule has 3 aromatic rings. The van der Waals surface area contributed by atoms with Crippen LogP contribution in [-0.4, -0.2) is 15.9 Å². The Labute approximate surface area is 162 Å². The molecule has 0 aliphatic carbocycles. The van der Waals surface area contributed by atoms with Crippen LogP contribution in [0.15, 0.2) is 72.8 Å². The molecular weight excluding hydrogens is 387 g/mol. The number of nitrogens with one attached hydrogen (secondary N) is 1. The Morgan fingerprint density at radius 2 is 1.36 bits per heavy atom. The summed E-state index contributed by atoms with van der Waals surface area (Å²) in [5.41, 5.74) is 1.02. The second kappa shape index (κ2) is 8.84. The van der Waals surface area contributed by atoms with Crippen LogP contribution in [-0.2, 0) is 15.6 Å². The highest BCUT2D eigenvalue weighted by Crippen LogP contribution is 2.28. The van der Waals surface area contributed by atoms with Crippen LogP contribution in [0, 0.1) is 17.5 Å². The highest BCUT2D eigenvalue weighted by molar-refractivity contribution is 7.86. The highest BCUT2D eigenvalue weighted by Gasteiger charge is 2.24. The predicted molar refractivity (Wildman–Crippen MR) is 103 cm³/mol. The van der Waals surface area contributed by atoms with Gasteiger partial charge in [-0.2, -0.15) is 0 Å². The lowest BCUT2D eigenvalue weighted by atomic mass is 10.0. The van der Waals surface area contributed by atoms with E-state index in [1.54, 1.807) is 24.3 Å². The maximum absolute atomic E-state index is 13.7. The van der Waals surface area contributed by atoms with Gasteiger partial charge in [-0.25, -0.2) is 13.2 Å². The molecule has 3 rings (SSSR count). The third-order valence-electron chi connectivity index (χ3n) is 4.05. The van der Waals surface area contributed by atoms with Crippen LogP contribution in [0.4, 0.5) is 18.9 Å². The number of benzene rings is 3. The number of halogens is 3. The van der Waals surface area contributed by atoms with Crippen molar-refractivity contribution in [2.24, 2.45) is 0 Å². The third kappa shape index (κ3) is 4.48. The van der Waals surface area contributed by atoms with Crippen LogP contribution in [0.2, 0.25) is 0 Å². The molecule has 0 aliphatic rings. The predicted octanol–water partition coefficient (Wildman–Crippen LogP) is 4.58. The Morgan fingerprint density at radius 3 is 1.89 bits per heavy atom. The fourth-order valence-electron chi connectivity index (χ4n) is 2.77. The molecule has 0 fully saturated rings. The molecule has 1 N–H and O–H groups in total. The van der Waals surface area contributed by atoms with Crippen molar-refractivity contribution in [2.75, 3.05) is 11.1 Å². The first-order chi connectivity index (χ1) is 13.5. The summed E-state index contributed by atoms with van der Waals surface area (Å²) in [6, 6.07) is 19.7. The van der Waals surface area contributed by atoms with E-state index in [9.17, 15) is 22.2 Å². The Balaban J connectivity index is 1.81. The summed E-state index contributed by atoms with van der Waals surface area (Å²) in [7, 11) is -1.68. The van der Waals surface area contributed by atoms with E-state index in [2.05, 4.69) is 5.32 Å². The molecule has 144 valence electrons. The smallest absolute Gasteiger partial charge is 0.237 e. The lowest BCUT2D eigenvalue weighted by Crippen LogP contribution is -2.24. The van der Waals surface area contributed by atoms with Gasteiger partial charge in [-0.3, -0.25) is 9.00 Å². The first kappa shape index (κ1) is 19.8. The minimum atomic E-state index is -1.68. The van der Waals surface area contributed by atoms with Crippen molar-refractivity contribution in [1.82, 2.24) is 0 Å². The average Bonchev–Trinajstić information content (AvgIpc) is 2.70. The number of amides is 1. The molecule has 7 heteroatoms. The van der Waals surface area contributed by atoms with E-state index in [1.165, 1.54) is 0 Å². The Bertz CT molecular complexity index is 958. The Hall–Kier alpha value is -2.93. The van der Waals surface area contributed by atoms with E-state index in [4.69, 9.17) is 0 Å². The topological polar surface area (TPSA) is 46.2 Å². The van der Waals surface area contributed by atoms with Crippen molar-refractivity contribution in [3.05, 3.63) is 101 Å². The monoisotopic (exact) mass is 403 g/mol. The number of carbonyl (C=O) groups excluding carboxylic acids is 1. The number of hydrogen-bond acceptors (Lipinski definition) is 2. The lowest BCUT2D eigenvalue weighted by Gasteiger charge is -2.17. The fourth-order valence-corrected chi connectivity index (χ4v) is 4.19. The van der Waals surface area contributed by atoms with Gasteiger partial charge in [0.05, 0.1) is 10.9 Å². The average molecular weight is 403 g/mol. The quantitative estimate of drug-likeness (QED) is 0.613. The third-order valence-corrected chi connectivity index (χ3v) is 5.67. The summed E-state index contributed by atoms with van der Waals surface area (Å²) >= 11 is 0. The SMILES string of the molecule is O=C(C[S@](=O)C(c1ccccc1)c1ccccc1)Nc1ccc(F)c(F)c1F. The molecule has 0 aliphatic heterocycles. The van der Waals surface area contributed by atoms with Gasteiger partial charge >= 0.3 is 0 Å². The van der Waals surface area contributed by atoms with Gasteiger partial charge in [0.25, 0.3) is 0 Å². The molecular formula is C21H16F3NO2S. The van der Waals surface area contributed by atoms with Gasteiger partial charge in [0.15, 0.2) is 17.5 Å². The maximum Gasteiger partial charge on any atom is 0.237 e. The molecule has 0 heterocycles. The van der Waals surface area contributed by atoms with E-state index in [-0.39, 0.29) is 0 Å². The van der Waals surface area contributed by atoms with Gasteiger partial charge in [0, 0.05) is 10.8 Å². The summed E-state index contributed by atoms with van der Waals surface area (Å²) in [4.78, 5) is 12.3. The van der Waals surface area contributed by atoms with Crippen LogP contribution >= 0.6 is 0 Å². The van der Waals surface area contributed by atoms with Gasteiger partial charge in [0.1, 0.15) is 5.75 Å². The van der Waals surface area contributed by atoms with Crippen molar-refractivity contribution in [2.45, 2.75) is 5.25 Å². The summed E-state index contributed by atoms with van der Waals surface area (Å²) in [5, 5.41) is 1.59. The van der Waals surface area contributed by atoms with E-state index in [0.29, 0.717) is 6.07 Å². The lowest BCUT2D eigenvalue weighted by molar-refractivity contribution is -0.113. The molecule has 1 amide bonds. The number of anilines is 1. The highest BCUT2D eigenvalue weighted by atomic mass is 32.2. The molecule has 0 aromatic heterocycles.